The lowest BCUT2D eigenvalue weighted by molar-refractivity contribution is 0.492. The van der Waals surface area contributed by atoms with Crippen molar-refractivity contribution in [3.05, 3.63) is 34.1 Å². The van der Waals surface area contributed by atoms with Crippen molar-refractivity contribution in [3.8, 4) is 0 Å². The van der Waals surface area contributed by atoms with Crippen LogP contribution in [0.1, 0.15) is 25.5 Å². The van der Waals surface area contributed by atoms with E-state index in [9.17, 15) is 4.39 Å². The maximum absolute atomic E-state index is 14.4. The molecule has 3 unspecified atom stereocenters. The van der Waals surface area contributed by atoms with Gasteiger partial charge < -0.3 is 5.32 Å². The molecule has 0 saturated carbocycles. The van der Waals surface area contributed by atoms with Crippen LogP contribution in [-0.4, -0.2) is 28.6 Å². The molecule has 1 fully saturated rings. The molecule has 1 heterocycles. The van der Waals surface area contributed by atoms with Gasteiger partial charge in [-0.1, -0.05) is 26.0 Å². The Bertz CT molecular complexity index is 430. The Morgan fingerprint density at radius 3 is 2.84 bits per heavy atom. The zero-order chi connectivity index (χ0) is 13.8. The SMILES string of the molecule is CCNC(c1cccc(Br)c1F)C1SCCSC1C. The normalized spacial score (nSPS) is 25.3. The predicted molar refractivity (Wildman–Crippen MR) is 88.7 cm³/mol. The average molecular weight is 364 g/mol. The van der Waals surface area contributed by atoms with Crippen molar-refractivity contribution in [1.82, 2.24) is 5.32 Å². The van der Waals surface area contributed by atoms with Gasteiger partial charge in [0.05, 0.1) is 4.47 Å². The summed E-state index contributed by atoms with van der Waals surface area (Å²) in [6, 6.07) is 5.65. The summed E-state index contributed by atoms with van der Waals surface area (Å²) in [5.41, 5.74) is 0.781. The predicted octanol–water partition coefficient (Wildman–Crippen LogP) is 4.48. The Kier molecular flexibility index (Phi) is 6.06. The summed E-state index contributed by atoms with van der Waals surface area (Å²) in [5.74, 6) is 2.22. The van der Waals surface area contributed by atoms with E-state index in [4.69, 9.17) is 0 Å². The van der Waals surface area contributed by atoms with Gasteiger partial charge in [0.15, 0.2) is 0 Å². The van der Waals surface area contributed by atoms with Crippen LogP contribution in [0.5, 0.6) is 0 Å². The Morgan fingerprint density at radius 2 is 2.16 bits per heavy atom. The summed E-state index contributed by atoms with van der Waals surface area (Å²) >= 11 is 7.24. The maximum Gasteiger partial charge on any atom is 0.142 e. The van der Waals surface area contributed by atoms with Gasteiger partial charge in [0.2, 0.25) is 0 Å². The lowest BCUT2D eigenvalue weighted by Crippen LogP contribution is -2.38. The second kappa shape index (κ2) is 7.34. The van der Waals surface area contributed by atoms with Crippen molar-refractivity contribution in [2.24, 2.45) is 0 Å². The van der Waals surface area contributed by atoms with Crippen molar-refractivity contribution in [3.63, 3.8) is 0 Å². The minimum absolute atomic E-state index is 0.0790. The molecule has 0 aliphatic carbocycles. The third-order valence-electron chi connectivity index (χ3n) is 3.31. The molecule has 0 radical (unpaired) electrons. The van der Waals surface area contributed by atoms with E-state index in [0.29, 0.717) is 15.0 Å². The highest BCUT2D eigenvalue weighted by Crippen LogP contribution is 2.39. The van der Waals surface area contributed by atoms with E-state index in [1.54, 1.807) is 6.07 Å². The minimum atomic E-state index is -0.128. The second-order valence-electron chi connectivity index (χ2n) is 4.59. The molecular weight excluding hydrogens is 345 g/mol. The molecule has 2 rings (SSSR count). The summed E-state index contributed by atoms with van der Waals surface area (Å²) in [5, 5.41) is 4.43. The quantitative estimate of drug-likeness (QED) is 0.846. The van der Waals surface area contributed by atoms with Gasteiger partial charge in [-0.25, -0.2) is 4.39 Å². The molecular formula is C14H19BrFNS2. The van der Waals surface area contributed by atoms with Gasteiger partial charge in [0.1, 0.15) is 5.82 Å². The van der Waals surface area contributed by atoms with Crippen LogP contribution in [0.2, 0.25) is 0 Å². The highest BCUT2D eigenvalue weighted by atomic mass is 79.9. The molecule has 0 bridgehead atoms. The fraction of sp³-hybridized carbons (Fsp3) is 0.571. The van der Waals surface area contributed by atoms with Gasteiger partial charge in [-0.3, -0.25) is 0 Å². The minimum Gasteiger partial charge on any atom is -0.309 e. The van der Waals surface area contributed by atoms with E-state index in [0.717, 1.165) is 17.9 Å². The molecule has 1 saturated heterocycles. The molecule has 1 aliphatic rings. The third kappa shape index (κ3) is 3.69. The van der Waals surface area contributed by atoms with Gasteiger partial charge in [-0.15, -0.1) is 0 Å². The Morgan fingerprint density at radius 1 is 1.42 bits per heavy atom. The smallest absolute Gasteiger partial charge is 0.142 e. The molecule has 19 heavy (non-hydrogen) atoms. The van der Waals surface area contributed by atoms with E-state index in [1.165, 1.54) is 5.75 Å². The summed E-state index contributed by atoms with van der Waals surface area (Å²) < 4.78 is 14.9. The highest BCUT2D eigenvalue weighted by molar-refractivity contribution is 9.10. The summed E-state index contributed by atoms with van der Waals surface area (Å²) in [7, 11) is 0. The standard InChI is InChI=1S/C14H19BrFNS2/c1-3-17-13(14-9(2)18-7-8-19-14)10-5-4-6-11(15)12(10)16/h4-6,9,13-14,17H,3,7-8H2,1-2H3. The van der Waals surface area contributed by atoms with Crippen LogP contribution < -0.4 is 5.32 Å². The maximum atomic E-state index is 14.4. The molecule has 1 nitrogen and oxygen atoms in total. The zero-order valence-electron chi connectivity index (χ0n) is 11.2. The topological polar surface area (TPSA) is 12.0 Å². The van der Waals surface area contributed by atoms with Gasteiger partial charge >= 0.3 is 0 Å². The van der Waals surface area contributed by atoms with Crippen molar-refractivity contribution in [2.45, 2.75) is 30.4 Å². The van der Waals surface area contributed by atoms with E-state index < -0.39 is 0 Å². The van der Waals surface area contributed by atoms with E-state index >= 15 is 0 Å². The molecule has 1 aromatic carbocycles. The van der Waals surface area contributed by atoms with Crippen LogP contribution in [0.4, 0.5) is 4.39 Å². The van der Waals surface area contributed by atoms with E-state index in [-0.39, 0.29) is 11.9 Å². The van der Waals surface area contributed by atoms with Crippen LogP contribution in [0.15, 0.2) is 22.7 Å². The van der Waals surface area contributed by atoms with Crippen molar-refractivity contribution < 1.29 is 4.39 Å². The fourth-order valence-electron chi connectivity index (χ4n) is 2.40. The number of halogens is 2. The average Bonchev–Trinajstić information content (AvgIpc) is 2.41. The molecule has 0 amide bonds. The number of hydrogen-bond acceptors (Lipinski definition) is 3. The molecule has 0 spiro atoms. The lowest BCUT2D eigenvalue weighted by Gasteiger charge is -2.35. The molecule has 1 aliphatic heterocycles. The first-order chi connectivity index (χ1) is 9.15. The summed E-state index contributed by atoms with van der Waals surface area (Å²) in [4.78, 5) is 0. The molecule has 1 N–H and O–H groups in total. The number of nitrogens with one attached hydrogen (secondary N) is 1. The van der Waals surface area contributed by atoms with Gasteiger partial charge in [0.25, 0.3) is 0 Å². The Balaban J connectivity index is 2.30. The monoisotopic (exact) mass is 363 g/mol. The second-order valence-corrected chi connectivity index (χ2v) is 8.22. The highest BCUT2D eigenvalue weighted by Gasteiger charge is 2.32. The van der Waals surface area contributed by atoms with Crippen LogP contribution in [-0.2, 0) is 0 Å². The molecule has 1 aromatic rings. The van der Waals surface area contributed by atoms with Gasteiger partial charge in [-0.2, -0.15) is 23.5 Å². The summed E-state index contributed by atoms with van der Waals surface area (Å²) in [6.07, 6.45) is 0. The van der Waals surface area contributed by atoms with Crippen LogP contribution in [0.3, 0.4) is 0 Å². The van der Waals surface area contributed by atoms with Crippen LogP contribution in [0.25, 0.3) is 0 Å². The summed E-state index contributed by atoms with van der Waals surface area (Å²) in [6.45, 7) is 5.18. The van der Waals surface area contributed by atoms with Gasteiger partial charge in [-0.05, 0) is 28.5 Å². The first-order valence-corrected chi connectivity index (χ1v) is 9.44. The first-order valence-electron chi connectivity index (χ1n) is 6.55. The Labute approximate surface area is 131 Å². The lowest BCUT2D eigenvalue weighted by atomic mass is 10.0. The molecule has 5 heteroatoms. The van der Waals surface area contributed by atoms with Crippen LogP contribution in [0, 0.1) is 5.82 Å². The van der Waals surface area contributed by atoms with Crippen molar-refractivity contribution in [2.75, 3.05) is 18.1 Å². The number of benzene rings is 1. The van der Waals surface area contributed by atoms with E-state index in [2.05, 4.69) is 35.1 Å². The van der Waals surface area contributed by atoms with E-state index in [1.807, 2.05) is 35.7 Å². The molecule has 106 valence electrons. The fourth-order valence-corrected chi connectivity index (χ4v) is 5.72. The largest absolute Gasteiger partial charge is 0.309 e. The molecule has 3 atom stereocenters. The number of hydrogen-bond donors (Lipinski definition) is 1. The Hall–Kier alpha value is 0.290. The van der Waals surface area contributed by atoms with Gasteiger partial charge in [0, 0.05) is 33.6 Å². The van der Waals surface area contributed by atoms with Crippen molar-refractivity contribution in [1.29, 1.82) is 0 Å². The molecule has 0 aromatic heterocycles. The van der Waals surface area contributed by atoms with Crippen LogP contribution >= 0.6 is 39.5 Å². The number of thioether (sulfide) groups is 2. The number of rotatable bonds is 4. The zero-order valence-corrected chi connectivity index (χ0v) is 14.4. The van der Waals surface area contributed by atoms with Crippen molar-refractivity contribution >= 4 is 39.5 Å². The first kappa shape index (κ1) is 15.7. The third-order valence-corrected chi connectivity index (χ3v) is 7.11.